The number of unbranched alkanes of at least 4 members (excludes halogenated alkanes) is 1. The minimum absolute atomic E-state index is 0.269. The molecule has 1 heterocycles. The number of aromatic amines is 1. The van der Waals surface area contributed by atoms with Gasteiger partial charge in [0.15, 0.2) is 0 Å². The molecule has 1 N–H and O–H groups in total. The molecule has 0 bridgehead atoms. The summed E-state index contributed by atoms with van der Waals surface area (Å²) in [6.45, 7) is 0. The van der Waals surface area contributed by atoms with E-state index >= 15 is 0 Å². The second-order valence-corrected chi connectivity index (χ2v) is 3.36. The Hall–Kier alpha value is -1.89. The number of aromatic nitrogens is 2. The van der Waals surface area contributed by atoms with Gasteiger partial charge in [-0.05, 0) is 24.6 Å². The van der Waals surface area contributed by atoms with Gasteiger partial charge in [-0.25, -0.2) is 9.37 Å². The molecule has 2 aromatic rings. The van der Waals surface area contributed by atoms with Gasteiger partial charge in [-0.3, -0.25) is 0 Å². The lowest BCUT2D eigenvalue weighted by Crippen LogP contribution is -1.86. The second kappa shape index (κ2) is 4.09. The number of halogens is 1. The molecule has 2 rings (SSSR count). The average molecular weight is 203 g/mol. The highest BCUT2D eigenvalue weighted by Crippen LogP contribution is 2.13. The standard InChI is InChI=1S/C11H10FN3/c12-8-4-5-9-10(7-8)15-11(14-9)3-1-2-6-13/h4-5,7H,1-3H2,(H,14,15). The van der Waals surface area contributed by atoms with Gasteiger partial charge in [0.25, 0.3) is 0 Å². The normalized spacial score (nSPS) is 10.4. The van der Waals surface area contributed by atoms with Gasteiger partial charge >= 0.3 is 0 Å². The maximum absolute atomic E-state index is 12.9. The summed E-state index contributed by atoms with van der Waals surface area (Å²) in [6.07, 6.45) is 2.02. The van der Waals surface area contributed by atoms with Crippen LogP contribution in [0.15, 0.2) is 18.2 Å². The molecule has 0 radical (unpaired) electrons. The van der Waals surface area contributed by atoms with E-state index in [1.807, 2.05) is 0 Å². The van der Waals surface area contributed by atoms with Crippen LogP contribution < -0.4 is 0 Å². The second-order valence-electron chi connectivity index (χ2n) is 3.36. The number of fused-ring (bicyclic) bond motifs is 1. The van der Waals surface area contributed by atoms with Gasteiger partial charge in [-0.15, -0.1) is 0 Å². The molecule has 1 aromatic carbocycles. The molecule has 4 heteroatoms. The zero-order chi connectivity index (χ0) is 10.7. The summed E-state index contributed by atoms with van der Waals surface area (Å²) in [5.41, 5.74) is 1.48. The van der Waals surface area contributed by atoms with E-state index in [0.29, 0.717) is 11.9 Å². The van der Waals surface area contributed by atoms with Crippen LogP contribution in [-0.2, 0) is 6.42 Å². The first-order valence-electron chi connectivity index (χ1n) is 4.80. The summed E-state index contributed by atoms with van der Waals surface area (Å²) in [5.74, 6) is 0.542. The number of hydrogen-bond acceptors (Lipinski definition) is 2. The van der Waals surface area contributed by atoms with Crippen molar-refractivity contribution in [2.45, 2.75) is 19.3 Å². The van der Waals surface area contributed by atoms with Crippen LogP contribution in [0.5, 0.6) is 0 Å². The maximum atomic E-state index is 12.9. The average Bonchev–Trinajstić information content (AvgIpc) is 2.60. The molecule has 76 valence electrons. The molecule has 0 aliphatic rings. The Morgan fingerprint density at radius 2 is 2.33 bits per heavy atom. The number of nitrogens with zero attached hydrogens (tertiary/aromatic N) is 2. The van der Waals surface area contributed by atoms with E-state index < -0.39 is 0 Å². The molecule has 0 aliphatic carbocycles. The van der Waals surface area contributed by atoms with E-state index in [9.17, 15) is 4.39 Å². The number of benzene rings is 1. The molecular formula is C11H10FN3. The van der Waals surface area contributed by atoms with E-state index in [1.165, 1.54) is 12.1 Å². The van der Waals surface area contributed by atoms with E-state index in [0.717, 1.165) is 24.2 Å². The van der Waals surface area contributed by atoms with Crippen molar-refractivity contribution < 1.29 is 4.39 Å². The van der Waals surface area contributed by atoms with Crippen molar-refractivity contribution in [3.8, 4) is 6.07 Å². The van der Waals surface area contributed by atoms with Gasteiger partial charge < -0.3 is 4.98 Å². The smallest absolute Gasteiger partial charge is 0.125 e. The van der Waals surface area contributed by atoms with Crippen LogP contribution in [0.25, 0.3) is 11.0 Å². The first-order chi connectivity index (χ1) is 7.29. The van der Waals surface area contributed by atoms with Crippen molar-refractivity contribution in [3.63, 3.8) is 0 Å². The molecule has 0 unspecified atom stereocenters. The Morgan fingerprint density at radius 1 is 1.47 bits per heavy atom. The van der Waals surface area contributed by atoms with Crippen LogP contribution in [0.3, 0.4) is 0 Å². The summed E-state index contributed by atoms with van der Waals surface area (Å²) < 4.78 is 12.9. The van der Waals surface area contributed by atoms with Crippen molar-refractivity contribution >= 4 is 11.0 Å². The molecule has 0 saturated heterocycles. The lowest BCUT2D eigenvalue weighted by atomic mass is 10.2. The highest BCUT2D eigenvalue weighted by molar-refractivity contribution is 5.74. The zero-order valence-electron chi connectivity index (χ0n) is 8.13. The SMILES string of the molecule is N#CCCCc1nc2ccc(F)cc2[nH]1. The van der Waals surface area contributed by atoms with Crippen LogP contribution in [0.4, 0.5) is 4.39 Å². The Bertz CT molecular complexity index is 510. The molecule has 1 aromatic heterocycles. The van der Waals surface area contributed by atoms with Gasteiger partial charge in [0.1, 0.15) is 11.6 Å². The fourth-order valence-corrected chi connectivity index (χ4v) is 1.49. The quantitative estimate of drug-likeness (QED) is 0.779. The highest BCUT2D eigenvalue weighted by Gasteiger charge is 2.03. The Balaban J connectivity index is 2.20. The molecule has 0 saturated carbocycles. The third-order valence-corrected chi connectivity index (χ3v) is 2.20. The van der Waals surface area contributed by atoms with Gasteiger partial charge in [-0.2, -0.15) is 5.26 Å². The Morgan fingerprint density at radius 3 is 3.13 bits per heavy atom. The molecule has 15 heavy (non-hydrogen) atoms. The molecule has 0 spiro atoms. The van der Waals surface area contributed by atoms with Crippen molar-refractivity contribution in [2.24, 2.45) is 0 Å². The summed E-state index contributed by atoms with van der Waals surface area (Å²) in [4.78, 5) is 7.33. The predicted octanol–water partition coefficient (Wildman–Crippen LogP) is 2.55. The third kappa shape index (κ3) is 2.13. The van der Waals surface area contributed by atoms with E-state index in [4.69, 9.17) is 5.26 Å². The number of imidazole rings is 1. The number of H-pyrrole nitrogens is 1. The lowest BCUT2D eigenvalue weighted by Gasteiger charge is -1.89. The number of hydrogen-bond donors (Lipinski definition) is 1. The largest absolute Gasteiger partial charge is 0.342 e. The summed E-state index contributed by atoms with van der Waals surface area (Å²) in [5, 5.41) is 8.39. The van der Waals surface area contributed by atoms with Crippen molar-refractivity contribution in [1.29, 1.82) is 5.26 Å². The number of nitrogens with one attached hydrogen (secondary N) is 1. The molecule has 0 amide bonds. The maximum Gasteiger partial charge on any atom is 0.125 e. The van der Waals surface area contributed by atoms with Crippen LogP contribution in [0.1, 0.15) is 18.7 Å². The summed E-state index contributed by atoms with van der Waals surface area (Å²) in [6, 6.07) is 6.54. The minimum atomic E-state index is -0.269. The summed E-state index contributed by atoms with van der Waals surface area (Å²) >= 11 is 0. The van der Waals surface area contributed by atoms with Crippen molar-refractivity contribution in [1.82, 2.24) is 9.97 Å². The first-order valence-corrected chi connectivity index (χ1v) is 4.80. The van der Waals surface area contributed by atoms with Crippen molar-refractivity contribution in [3.05, 3.63) is 29.8 Å². The van der Waals surface area contributed by atoms with E-state index in [-0.39, 0.29) is 5.82 Å². The fraction of sp³-hybridized carbons (Fsp3) is 0.273. The van der Waals surface area contributed by atoms with Gasteiger partial charge in [-0.1, -0.05) is 0 Å². The Kier molecular flexibility index (Phi) is 2.64. The van der Waals surface area contributed by atoms with Gasteiger partial charge in [0.2, 0.25) is 0 Å². The minimum Gasteiger partial charge on any atom is -0.342 e. The van der Waals surface area contributed by atoms with Crippen LogP contribution in [0, 0.1) is 17.1 Å². The molecule has 0 fully saturated rings. The highest BCUT2D eigenvalue weighted by atomic mass is 19.1. The van der Waals surface area contributed by atoms with Crippen LogP contribution >= 0.6 is 0 Å². The van der Waals surface area contributed by atoms with Crippen LogP contribution in [0.2, 0.25) is 0 Å². The number of aryl methyl sites for hydroxylation is 1. The predicted molar refractivity (Wildman–Crippen MR) is 54.6 cm³/mol. The Labute approximate surface area is 86.6 Å². The molecule has 0 aliphatic heterocycles. The van der Waals surface area contributed by atoms with E-state index in [2.05, 4.69) is 16.0 Å². The lowest BCUT2D eigenvalue weighted by molar-refractivity contribution is 0.629. The zero-order valence-corrected chi connectivity index (χ0v) is 8.13. The van der Waals surface area contributed by atoms with Crippen LogP contribution in [-0.4, -0.2) is 9.97 Å². The molecule has 0 atom stereocenters. The molecule has 3 nitrogen and oxygen atoms in total. The third-order valence-electron chi connectivity index (χ3n) is 2.20. The summed E-state index contributed by atoms with van der Waals surface area (Å²) in [7, 11) is 0. The first kappa shape index (κ1) is 9.66. The van der Waals surface area contributed by atoms with Gasteiger partial charge in [0, 0.05) is 12.8 Å². The van der Waals surface area contributed by atoms with E-state index in [1.54, 1.807) is 6.07 Å². The number of rotatable bonds is 3. The molecular weight excluding hydrogens is 193 g/mol. The monoisotopic (exact) mass is 203 g/mol. The topological polar surface area (TPSA) is 52.5 Å². The number of nitriles is 1. The fourth-order valence-electron chi connectivity index (χ4n) is 1.49. The van der Waals surface area contributed by atoms with Gasteiger partial charge in [0.05, 0.1) is 17.1 Å². The van der Waals surface area contributed by atoms with Crippen molar-refractivity contribution in [2.75, 3.05) is 0 Å².